The van der Waals surface area contributed by atoms with Crippen LogP contribution in [0.15, 0.2) is 16.6 Å². The van der Waals surface area contributed by atoms with Gasteiger partial charge in [-0.3, -0.25) is 0 Å². The topological polar surface area (TPSA) is 12.0 Å². The van der Waals surface area contributed by atoms with E-state index in [-0.39, 0.29) is 6.04 Å². The van der Waals surface area contributed by atoms with E-state index in [1.165, 1.54) is 11.1 Å². The van der Waals surface area contributed by atoms with E-state index in [0.717, 1.165) is 10.2 Å². The number of hydrogen-bond donors (Lipinski definition) is 1. The molecule has 74 valence electrons. The maximum atomic E-state index is 5.33. The van der Waals surface area contributed by atoms with Gasteiger partial charge in [0.05, 0.1) is 6.04 Å². The minimum absolute atomic E-state index is 0.0635. The first-order valence-corrected chi connectivity index (χ1v) is 5.33. The maximum Gasteiger partial charge on any atom is 0.0846 e. The SMILES string of the molecule is C#CC(C)Nc1c(C)cc(Br)cc1C. The molecule has 0 bridgehead atoms. The fourth-order valence-corrected chi connectivity index (χ4v) is 2.08. The highest BCUT2D eigenvalue weighted by Gasteiger charge is 2.05. The van der Waals surface area contributed by atoms with Crippen molar-refractivity contribution in [2.75, 3.05) is 5.32 Å². The quantitative estimate of drug-likeness (QED) is 0.794. The second kappa shape index (κ2) is 4.52. The zero-order valence-corrected chi connectivity index (χ0v) is 10.3. The van der Waals surface area contributed by atoms with Crippen molar-refractivity contribution < 1.29 is 0 Å². The molecule has 1 aromatic rings. The second-order valence-corrected chi connectivity index (χ2v) is 4.36. The zero-order chi connectivity index (χ0) is 10.7. The van der Waals surface area contributed by atoms with Crippen LogP contribution in [0, 0.1) is 26.2 Å². The first-order valence-electron chi connectivity index (χ1n) is 4.54. The highest BCUT2D eigenvalue weighted by molar-refractivity contribution is 9.10. The van der Waals surface area contributed by atoms with E-state index in [4.69, 9.17) is 6.42 Å². The van der Waals surface area contributed by atoms with Gasteiger partial charge in [0, 0.05) is 10.2 Å². The average Bonchev–Trinajstić information content (AvgIpc) is 2.10. The van der Waals surface area contributed by atoms with Crippen molar-refractivity contribution in [3.05, 3.63) is 27.7 Å². The number of aryl methyl sites for hydroxylation is 2. The molecule has 0 fully saturated rings. The maximum absolute atomic E-state index is 5.33. The van der Waals surface area contributed by atoms with Gasteiger partial charge in [-0.1, -0.05) is 21.9 Å². The second-order valence-electron chi connectivity index (χ2n) is 3.45. The Morgan fingerprint density at radius 3 is 2.29 bits per heavy atom. The first kappa shape index (κ1) is 11.1. The molecule has 2 heteroatoms. The standard InChI is InChI=1S/C12H14BrN/c1-5-10(4)14-12-8(2)6-11(13)7-9(12)3/h1,6-7,10,14H,2-4H3. The predicted molar refractivity (Wildman–Crippen MR) is 65.5 cm³/mol. The number of rotatable bonds is 2. The van der Waals surface area contributed by atoms with Gasteiger partial charge in [-0.15, -0.1) is 6.42 Å². The van der Waals surface area contributed by atoms with Gasteiger partial charge in [0.15, 0.2) is 0 Å². The molecule has 0 aliphatic carbocycles. The molecule has 0 amide bonds. The van der Waals surface area contributed by atoms with Crippen LogP contribution in [0.25, 0.3) is 0 Å². The molecule has 0 radical (unpaired) electrons. The molecule has 0 aliphatic heterocycles. The third kappa shape index (κ3) is 2.52. The number of anilines is 1. The molecule has 1 unspecified atom stereocenters. The number of terminal acetylenes is 1. The Morgan fingerprint density at radius 1 is 1.36 bits per heavy atom. The summed E-state index contributed by atoms with van der Waals surface area (Å²) in [5, 5.41) is 3.30. The lowest BCUT2D eigenvalue weighted by molar-refractivity contribution is 1.02. The Bertz CT molecular complexity index is 353. The Balaban J connectivity index is 3.04. The summed E-state index contributed by atoms with van der Waals surface area (Å²) in [6.45, 7) is 6.12. The Hall–Kier alpha value is -0.940. The molecule has 0 heterocycles. The minimum atomic E-state index is 0.0635. The van der Waals surface area contributed by atoms with Crippen LogP contribution in [0.1, 0.15) is 18.1 Å². The summed E-state index contributed by atoms with van der Waals surface area (Å²) < 4.78 is 1.10. The lowest BCUT2D eigenvalue weighted by atomic mass is 10.1. The lowest BCUT2D eigenvalue weighted by Crippen LogP contribution is -2.13. The van der Waals surface area contributed by atoms with Crippen LogP contribution >= 0.6 is 15.9 Å². The number of benzene rings is 1. The van der Waals surface area contributed by atoms with Crippen LogP contribution in [0.5, 0.6) is 0 Å². The van der Waals surface area contributed by atoms with Gasteiger partial charge in [-0.2, -0.15) is 0 Å². The van der Waals surface area contributed by atoms with E-state index in [1.54, 1.807) is 0 Å². The number of halogens is 1. The monoisotopic (exact) mass is 251 g/mol. The Kier molecular flexibility index (Phi) is 3.60. The first-order chi connectivity index (χ1) is 6.54. The molecule has 1 rings (SSSR count). The average molecular weight is 252 g/mol. The summed E-state index contributed by atoms with van der Waals surface area (Å²) in [5.41, 5.74) is 3.55. The van der Waals surface area contributed by atoms with E-state index in [9.17, 15) is 0 Å². The van der Waals surface area contributed by atoms with Crippen molar-refractivity contribution in [2.24, 2.45) is 0 Å². The molecular formula is C12H14BrN. The van der Waals surface area contributed by atoms with Crippen molar-refractivity contribution in [1.82, 2.24) is 0 Å². The molecule has 1 N–H and O–H groups in total. The van der Waals surface area contributed by atoms with Crippen molar-refractivity contribution in [2.45, 2.75) is 26.8 Å². The van der Waals surface area contributed by atoms with Crippen molar-refractivity contribution in [3.8, 4) is 12.3 Å². The molecule has 0 saturated carbocycles. The smallest absolute Gasteiger partial charge is 0.0846 e. The molecule has 0 spiro atoms. The van der Waals surface area contributed by atoms with Crippen LogP contribution in [0.4, 0.5) is 5.69 Å². The van der Waals surface area contributed by atoms with Gasteiger partial charge < -0.3 is 5.32 Å². The van der Waals surface area contributed by atoms with Crippen LogP contribution in [0.3, 0.4) is 0 Å². The van der Waals surface area contributed by atoms with Crippen LogP contribution in [-0.4, -0.2) is 6.04 Å². The fourth-order valence-electron chi connectivity index (χ4n) is 1.40. The molecule has 1 atom stereocenters. The zero-order valence-electron chi connectivity index (χ0n) is 8.69. The van der Waals surface area contributed by atoms with Gasteiger partial charge in [0.2, 0.25) is 0 Å². The number of nitrogens with one attached hydrogen (secondary N) is 1. The molecule has 0 saturated heterocycles. The predicted octanol–water partition coefficient (Wildman–Crippen LogP) is 3.50. The van der Waals surface area contributed by atoms with Gasteiger partial charge >= 0.3 is 0 Å². The molecular weight excluding hydrogens is 238 g/mol. The summed E-state index contributed by atoms with van der Waals surface area (Å²) in [5.74, 6) is 2.66. The van der Waals surface area contributed by atoms with E-state index in [2.05, 4.69) is 53.1 Å². The van der Waals surface area contributed by atoms with Crippen molar-refractivity contribution in [3.63, 3.8) is 0 Å². The summed E-state index contributed by atoms with van der Waals surface area (Å²) in [7, 11) is 0. The molecule has 14 heavy (non-hydrogen) atoms. The van der Waals surface area contributed by atoms with E-state index in [1.807, 2.05) is 6.92 Å². The van der Waals surface area contributed by atoms with Gasteiger partial charge in [0.25, 0.3) is 0 Å². The third-order valence-corrected chi connectivity index (χ3v) is 2.57. The molecule has 1 aromatic carbocycles. The van der Waals surface area contributed by atoms with E-state index < -0.39 is 0 Å². The molecule has 0 aromatic heterocycles. The summed E-state index contributed by atoms with van der Waals surface area (Å²) in [6.07, 6.45) is 5.33. The fraction of sp³-hybridized carbons (Fsp3) is 0.333. The van der Waals surface area contributed by atoms with E-state index >= 15 is 0 Å². The normalized spacial score (nSPS) is 11.9. The van der Waals surface area contributed by atoms with Crippen molar-refractivity contribution in [1.29, 1.82) is 0 Å². The summed E-state index contributed by atoms with van der Waals surface area (Å²) >= 11 is 3.46. The van der Waals surface area contributed by atoms with Crippen molar-refractivity contribution >= 4 is 21.6 Å². The van der Waals surface area contributed by atoms with Gasteiger partial charge in [-0.25, -0.2) is 0 Å². The highest BCUT2D eigenvalue weighted by atomic mass is 79.9. The van der Waals surface area contributed by atoms with Crippen LogP contribution < -0.4 is 5.32 Å². The molecule has 0 aliphatic rings. The summed E-state index contributed by atoms with van der Waals surface area (Å²) in [4.78, 5) is 0. The number of hydrogen-bond acceptors (Lipinski definition) is 1. The van der Waals surface area contributed by atoms with Crippen LogP contribution in [-0.2, 0) is 0 Å². The Labute approximate surface area is 94.0 Å². The van der Waals surface area contributed by atoms with Gasteiger partial charge in [-0.05, 0) is 44.0 Å². The van der Waals surface area contributed by atoms with E-state index in [0.29, 0.717) is 0 Å². The molecule has 1 nitrogen and oxygen atoms in total. The summed E-state index contributed by atoms with van der Waals surface area (Å²) in [6, 6.07) is 4.23. The Morgan fingerprint density at radius 2 is 1.86 bits per heavy atom. The van der Waals surface area contributed by atoms with Gasteiger partial charge in [0.1, 0.15) is 0 Å². The highest BCUT2D eigenvalue weighted by Crippen LogP contribution is 2.25. The minimum Gasteiger partial charge on any atom is -0.371 e. The lowest BCUT2D eigenvalue weighted by Gasteiger charge is -2.15. The third-order valence-electron chi connectivity index (χ3n) is 2.11. The largest absolute Gasteiger partial charge is 0.371 e. The van der Waals surface area contributed by atoms with Crippen LogP contribution in [0.2, 0.25) is 0 Å².